The monoisotopic (exact) mass is 433 g/mol. The molecule has 4 saturated carbocycles. The van der Waals surface area contributed by atoms with Crippen LogP contribution < -0.4 is 5.32 Å². The van der Waals surface area contributed by atoms with Crippen LogP contribution in [0.5, 0.6) is 0 Å². The number of rotatable bonds is 4. The van der Waals surface area contributed by atoms with Crippen LogP contribution in [0.4, 0.5) is 0 Å². The maximum absolute atomic E-state index is 13.8. The zero-order valence-electron chi connectivity index (χ0n) is 18.6. The lowest BCUT2D eigenvalue weighted by atomic mass is 9.42. The first-order chi connectivity index (χ1) is 14.9. The molecule has 172 valence electrons. The largest absolute Gasteiger partial charge is 0.396 e. The number of fused-ring (bicyclic) bond motifs is 5. The molecule has 4 aliphatic carbocycles. The van der Waals surface area contributed by atoms with Crippen molar-refractivity contribution in [3.8, 4) is 0 Å². The van der Waals surface area contributed by atoms with E-state index in [9.17, 15) is 19.8 Å². The van der Waals surface area contributed by atoms with Crippen LogP contribution >= 0.6 is 0 Å². The number of nitrogens with zero attached hydrogens (tertiary/aromatic N) is 1. The van der Waals surface area contributed by atoms with Crippen LogP contribution in [0.2, 0.25) is 0 Å². The van der Waals surface area contributed by atoms with E-state index in [0.717, 1.165) is 57.3 Å². The van der Waals surface area contributed by atoms with Crippen LogP contribution in [0.25, 0.3) is 0 Å². The van der Waals surface area contributed by atoms with Gasteiger partial charge < -0.3 is 20.4 Å². The Morgan fingerprint density at radius 3 is 2.71 bits per heavy atom. The first kappa shape index (κ1) is 21.5. The summed E-state index contributed by atoms with van der Waals surface area (Å²) in [5.74, 6) is 0.168. The molecule has 0 bridgehead atoms. The molecule has 1 aliphatic heterocycles. The summed E-state index contributed by atoms with van der Waals surface area (Å²) in [6.07, 6.45) is 6.43. The van der Waals surface area contributed by atoms with Gasteiger partial charge in [0.1, 0.15) is 11.9 Å². The number of Topliss-reactive ketones (excluding diaryl/α,β-unsaturated/α-hetero) is 1. The number of nitrogens with one attached hydrogen (secondary N) is 1. The van der Waals surface area contributed by atoms with Gasteiger partial charge in [0, 0.05) is 36.8 Å². The highest BCUT2D eigenvalue weighted by atomic mass is 16.6. The van der Waals surface area contributed by atoms with E-state index in [-0.39, 0.29) is 59.6 Å². The van der Waals surface area contributed by atoms with Gasteiger partial charge in [-0.3, -0.25) is 9.59 Å². The summed E-state index contributed by atoms with van der Waals surface area (Å²) in [5.41, 5.74) is 0.294. The molecule has 5 fully saturated rings. The highest BCUT2D eigenvalue weighted by Gasteiger charge is 2.67. The van der Waals surface area contributed by atoms with Crippen molar-refractivity contribution in [2.24, 2.45) is 45.6 Å². The Balaban J connectivity index is 1.45. The molecule has 7 heteroatoms. The third-order valence-corrected chi connectivity index (χ3v) is 9.84. The molecule has 5 rings (SSSR count). The number of carbonyl (C=O) groups is 1. The number of aliphatic hydroxyl groups excluding tert-OH is 2. The topological polar surface area (TPSA) is 113 Å². The number of oxime groups is 1. The van der Waals surface area contributed by atoms with E-state index in [1.807, 2.05) is 0 Å². The predicted octanol–water partition coefficient (Wildman–Crippen LogP) is 1.68. The minimum Gasteiger partial charge on any atom is -0.396 e. The molecule has 4 N–H and O–H groups in total. The first-order valence-electron chi connectivity index (χ1n) is 12.2. The number of hydrogen-bond acceptors (Lipinski definition) is 6. The van der Waals surface area contributed by atoms with Crippen LogP contribution in [0.1, 0.15) is 58.3 Å². The summed E-state index contributed by atoms with van der Waals surface area (Å²) < 4.78 is 0. The Hall–Kier alpha value is -1.31. The molecular weight excluding hydrogens is 396 g/mol. The Labute approximate surface area is 184 Å². The van der Waals surface area contributed by atoms with Crippen molar-refractivity contribution < 1.29 is 24.6 Å². The van der Waals surface area contributed by atoms with Gasteiger partial charge in [0.15, 0.2) is 0 Å². The normalized spacial score (nSPS) is 48.4. The molecule has 0 amide bonds. The van der Waals surface area contributed by atoms with E-state index >= 15 is 0 Å². The van der Waals surface area contributed by atoms with E-state index in [1.54, 1.807) is 0 Å². The van der Waals surface area contributed by atoms with E-state index < -0.39 is 5.92 Å². The predicted molar refractivity (Wildman–Crippen MR) is 116 cm³/mol. The summed E-state index contributed by atoms with van der Waals surface area (Å²) in [4.78, 5) is 30.1. The van der Waals surface area contributed by atoms with Crippen molar-refractivity contribution in [1.82, 2.24) is 5.32 Å². The summed E-state index contributed by atoms with van der Waals surface area (Å²) in [6, 6.07) is 0. The molecule has 8 atom stereocenters. The van der Waals surface area contributed by atoms with Crippen LogP contribution in [0, 0.1) is 40.4 Å². The van der Waals surface area contributed by atoms with Crippen LogP contribution in [-0.4, -0.2) is 64.7 Å². The van der Waals surface area contributed by atoms with E-state index in [1.165, 1.54) is 0 Å². The smallest absolute Gasteiger partial charge is 0.299 e. The first-order valence-corrected chi connectivity index (χ1v) is 12.2. The standard InChI is InChI=1S/C24H36N2O5/c1-23-7-5-18-21(17(23)2-3-20(23)29)22(30)16(12-27)19-10-14(4-8-24(18,19)13-28)26-31-15-6-9-25-11-15/h15-19,21,25,27-28H,2-13H2,1H3/p+1/b26-14+/t15?,16-,17?,18?,19?,21?,23+,24+/m1/s1. The van der Waals surface area contributed by atoms with Gasteiger partial charge in [0.2, 0.25) is 0 Å². The summed E-state index contributed by atoms with van der Waals surface area (Å²) in [7, 11) is 0. The molecule has 0 spiro atoms. The lowest BCUT2D eigenvalue weighted by Gasteiger charge is -2.60. The van der Waals surface area contributed by atoms with Gasteiger partial charge in [-0.1, -0.05) is 5.16 Å². The van der Waals surface area contributed by atoms with Gasteiger partial charge in [0.05, 0.1) is 24.2 Å². The number of hydrogen-bond donors (Lipinski definition) is 3. The fourth-order valence-corrected chi connectivity index (χ4v) is 8.02. The van der Waals surface area contributed by atoms with Crippen molar-refractivity contribution in [2.45, 2.75) is 64.4 Å². The quantitative estimate of drug-likeness (QED) is 0.461. The summed E-state index contributed by atoms with van der Waals surface area (Å²) in [6.45, 7) is 3.72. The SMILES string of the molecule is C[C@]12CCC3C(C(=O)[C@H](CO)C4C/C(=N/OC5CCNC5)CC[C@]34CO)C1CCC2=[OH+]. The van der Waals surface area contributed by atoms with E-state index in [2.05, 4.69) is 17.4 Å². The molecule has 31 heavy (non-hydrogen) atoms. The molecule has 7 nitrogen and oxygen atoms in total. The zero-order chi connectivity index (χ0) is 21.8. The van der Waals surface area contributed by atoms with Crippen molar-refractivity contribution in [1.29, 1.82) is 0 Å². The molecule has 5 unspecified atom stereocenters. The summed E-state index contributed by atoms with van der Waals surface area (Å²) >= 11 is 0. The summed E-state index contributed by atoms with van der Waals surface area (Å²) in [5, 5.41) is 28.8. The molecular formula is C24H37N2O5+. The third-order valence-electron chi connectivity index (χ3n) is 9.84. The van der Waals surface area contributed by atoms with Gasteiger partial charge in [-0.05, 0) is 69.7 Å². The van der Waals surface area contributed by atoms with Crippen molar-refractivity contribution in [3.63, 3.8) is 0 Å². The van der Waals surface area contributed by atoms with Crippen LogP contribution in [0.15, 0.2) is 5.16 Å². The molecule has 1 saturated heterocycles. The Morgan fingerprint density at radius 1 is 1.16 bits per heavy atom. The number of aliphatic hydroxyl groups is 2. The Bertz CT molecular complexity index is 778. The highest BCUT2D eigenvalue weighted by molar-refractivity contribution is 5.93. The maximum atomic E-state index is 13.8. The fourth-order valence-electron chi connectivity index (χ4n) is 8.02. The molecule has 0 radical (unpaired) electrons. The van der Waals surface area contributed by atoms with Crippen molar-refractivity contribution in [2.75, 3.05) is 26.3 Å². The molecule has 0 aromatic heterocycles. The van der Waals surface area contributed by atoms with Gasteiger partial charge in [-0.2, -0.15) is 0 Å². The second-order valence-corrected chi connectivity index (χ2v) is 11.0. The average molecular weight is 434 g/mol. The van der Waals surface area contributed by atoms with Gasteiger partial charge in [-0.25, -0.2) is 0 Å². The molecule has 0 aromatic carbocycles. The maximum Gasteiger partial charge on any atom is 0.299 e. The highest BCUT2D eigenvalue weighted by Crippen LogP contribution is 2.65. The second-order valence-electron chi connectivity index (χ2n) is 11.0. The zero-order valence-corrected chi connectivity index (χ0v) is 18.6. The number of carbonyl (C=O) groups excluding carboxylic acids is 2. The second kappa shape index (κ2) is 7.92. The van der Waals surface area contributed by atoms with Crippen LogP contribution in [0.3, 0.4) is 0 Å². The van der Waals surface area contributed by atoms with E-state index in [4.69, 9.17) is 4.84 Å². The third kappa shape index (κ3) is 3.14. The minimum atomic E-state index is -0.475. The lowest BCUT2D eigenvalue weighted by Crippen LogP contribution is -2.63. The molecule has 5 aliphatic rings. The Kier molecular flexibility index (Phi) is 5.50. The van der Waals surface area contributed by atoms with E-state index in [0.29, 0.717) is 18.6 Å². The van der Waals surface area contributed by atoms with Gasteiger partial charge >= 0.3 is 0 Å². The van der Waals surface area contributed by atoms with Crippen molar-refractivity contribution >= 4 is 17.3 Å². The van der Waals surface area contributed by atoms with Crippen LogP contribution in [-0.2, 0) is 9.63 Å². The van der Waals surface area contributed by atoms with Gasteiger partial charge in [-0.15, -0.1) is 0 Å². The minimum absolute atomic E-state index is 0.0441. The van der Waals surface area contributed by atoms with Crippen molar-refractivity contribution in [3.05, 3.63) is 0 Å². The van der Waals surface area contributed by atoms with Gasteiger partial charge in [0.25, 0.3) is 5.78 Å². The molecule has 0 aromatic rings. The molecule has 1 heterocycles. The number of ketones is 2. The fraction of sp³-hybridized carbons (Fsp3) is 0.875. The Morgan fingerprint density at radius 2 is 2.00 bits per heavy atom. The average Bonchev–Trinajstić information content (AvgIpc) is 3.40. The lowest BCUT2D eigenvalue weighted by molar-refractivity contribution is -0.171.